The number of anilines is 1. The van der Waals surface area contributed by atoms with Crippen molar-refractivity contribution in [2.75, 3.05) is 18.9 Å². The summed E-state index contributed by atoms with van der Waals surface area (Å²) in [5, 5.41) is 9.59. The number of hydrogen-bond donors (Lipinski definition) is 3. The molecule has 0 saturated carbocycles. The van der Waals surface area contributed by atoms with Gasteiger partial charge in [0.05, 0.1) is 17.8 Å². The maximum absolute atomic E-state index is 11.8. The molecule has 1 heterocycles. The van der Waals surface area contributed by atoms with E-state index in [4.69, 9.17) is 0 Å². The second-order valence-corrected chi connectivity index (χ2v) is 5.70. The van der Waals surface area contributed by atoms with Crippen molar-refractivity contribution in [3.63, 3.8) is 0 Å². The van der Waals surface area contributed by atoms with Gasteiger partial charge in [-0.2, -0.15) is 0 Å². The van der Waals surface area contributed by atoms with Crippen LogP contribution in [-0.2, 0) is 16.0 Å². The fraction of sp³-hybridized carbons (Fsp3) is 0.188. The Morgan fingerprint density at radius 2 is 1.78 bits per heavy atom. The summed E-state index contributed by atoms with van der Waals surface area (Å²) in [5.74, 6) is -0.650. The van der Waals surface area contributed by atoms with Crippen LogP contribution in [0, 0.1) is 0 Å². The minimum absolute atomic E-state index is 0.0712. The first kappa shape index (κ1) is 16.7. The first-order valence-electron chi connectivity index (χ1n) is 6.99. The van der Waals surface area contributed by atoms with E-state index in [1.165, 1.54) is 11.3 Å². The van der Waals surface area contributed by atoms with Crippen molar-refractivity contribution in [3.05, 3.63) is 52.2 Å². The number of nitrogens with one attached hydrogen (secondary N) is 3. The highest BCUT2D eigenvalue weighted by Gasteiger charge is 2.09. The zero-order valence-corrected chi connectivity index (χ0v) is 13.4. The number of thiophene rings is 1. The Morgan fingerprint density at radius 3 is 2.39 bits per heavy atom. The highest BCUT2D eigenvalue weighted by molar-refractivity contribution is 7.12. The monoisotopic (exact) mass is 331 g/mol. The Bertz CT molecular complexity index is 681. The van der Waals surface area contributed by atoms with E-state index in [9.17, 15) is 14.4 Å². The molecule has 0 aliphatic carbocycles. The van der Waals surface area contributed by atoms with Crippen molar-refractivity contribution in [3.8, 4) is 0 Å². The lowest BCUT2D eigenvalue weighted by Crippen LogP contribution is -2.32. The van der Waals surface area contributed by atoms with Gasteiger partial charge in [0, 0.05) is 12.7 Å². The molecule has 0 bridgehead atoms. The largest absolute Gasteiger partial charge is 0.359 e. The van der Waals surface area contributed by atoms with Gasteiger partial charge in [0.2, 0.25) is 11.8 Å². The van der Waals surface area contributed by atoms with Gasteiger partial charge in [-0.15, -0.1) is 11.3 Å². The predicted molar refractivity (Wildman–Crippen MR) is 89.5 cm³/mol. The molecule has 0 aliphatic rings. The molecular weight excluding hydrogens is 314 g/mol. The second-order valence-electron chi connectivity index (χ2n) is 4.76. The van der Waals surface area contributed by atoms with Gasteiger partial charge in [0.1, 0.15) is 0 Å². The maximum atomic E-state index is 11.8. The molecule has 0 aliphatic heterocycles. The molecule has 2 rings (SSSR count). The van der Waals surface area contributed by atoms with E-state index < -0.39 is 0 Å². The van der Waals surface area contributed by atoms with Gasteiger partial charge in [0.15, 0.2) is 0 Å². The number of likely N-dealkylation sites (N-methyl/N-ethyl adjacent to an activating group) is 1. The molecule has 1 aromatic heterocycles. The van der Waals surface area contributed by atoms with Crippen LogP contribution >= 0.6 is 11.3 Å². The zero-order valence-electron chi connectivity index (χ0n) is 12.6. The van der Waals surface area contributed by atoms with Crippen molar-refractivity contribution in [1.82, 2.24) is 10.6 Å². The number of amides is 3. The Labute approximate surface area is 137 Å². The van der Waals surface area contributed by atoms with Gasteiger partial charge in [-0.25, -0.2) is 0 Å². The lowest BCUT2D eigenvalue weighted by Gasteiger charge is -2.07. The van der Waals surface area contributed by atoms with Crippen molar-refractivity contribution in [1.29, 1.82) is 0 Å². The van der Waals surface area contributed by atoms with E-state index in [0.717, 1.165) is 5.56 Å². The van der Waals surface area contributed by atoms with Crippen LogP contribution in [-0.4, -0.2) is 31.3 Å². The highest BCUT2D eigenvalue weighted by atomic mass is 32.1. The summed E-state index contributed by atoms with van der Waals surface area (Å²) in [7, 11) is 1.58. The third-order valence-corrected chi connectivity index (χ3v) is 3.90. The van der Waals surface area contributed by atoms with Crippen LogP contribution in [0.4, 0.5) is 5.69 Å². The molecular formula is C16H17N3O3S. The fourth-order valence-corrected chi connectivity index (χ4v) is 2.48. The third kappa shape index (κ3) is 5.23. The molecule has 0 fully saturated rings. The van der Waals surface area contributed by atoms with Gasteiger partial charge in [0.25, 0.3) is 5.91 Å². The van der Waals surface area contributed by atoms with Crippen molar-refractivity contribution in [2.24, 2.45) is 0 Å². The first-order chi connectivity index (χ1) is 11.1. The Balaban J connectivity index is 1.81. The molecule has 2 aromatic rings. The standard InChI is InChI=1S/C16H17N3O3S/c1-17-14(20)9-11-4-6-12(7-5-11)19-15(21)10-18-16(22)13-3-2-8-23-13/h2-8H,9-10H2,1H3,(H,17,20)(H,18,22)(H,19,21). The van der Waals surface area contributed by atoms with E-state index in [1.807, 2.05) is 0 Å². The molecule has 0 spiro atoms. The fourth-order valence-electron chi connectivity index (χ4n) is 1.84. The van der Waals surface area contributed by atoms with E-state index in [0.29, 0.717) is 17.0 Å². The van der Waals surface area contributed by atoms with Gasteiger partial charge in [-0.3, -0.25) is 14.4 Å². The minimum Gasteiger partial charge on any atom is -0.359 e. The summed E-state index contributed by atoms with van der Waals surface area (Å²) in [6.07, 6.45) is 0.293. The summed E-state index contributed by atoms with van der Waals surface area (Å²) in [4.78, 5) is 35.4. The first-order valence-corrected chi connectivity index (χ1v) is 7.87. The average molecular weight is 331 g/mol. The molecule has 6 nitrogen and oxygen atoms in total. The van der Waals surface area contributed by atoms with E-state index >= 15 is 0 Å². The summed E-state index contributed by atoms with van der Waals surface area (Å²) in [6, 6.07) is 10.5. The highest BCUT2D eigenvalue weighted by Crippen LogP contribution is 2.10. The summed E-state index contributed by atoms with van der Waals surface area (Å²) < 4.78 is 0. The Hall–Kier alpha value is -2.67. The molecule has 0 radical (unpaired) electrons. The van der Waals surface area contributed by atoms with Gasteiger partial charge in [-0.1, -0.05) is 18.2 Å². The molecule has 1 aromatic carbocycles. The van der Waals surface area contributed by atoms with Gasteiger partial charge in [-0.05, 0) is 29.1 Å². The van der Waals surface area contributed by atoms with E-state index in [1.54, 1.807) is 48.8 Å². The van der Waals surface area contributed by atoms with Crippen LogP contribution in [0.2, 0.25) is 0 Å². The number of carbonyl (C=O) groups is 3. The van der Waals surface area contributed by atoms with Gasteiger partial charge >= 0.3 is 0 Å². The minimum atomic E-state index is -0.311. The molecule has 0 unspecified atom stereocenters. The lowest BCUT2D eigenvalue weighted by atomic mass is 10.1. The van der Waals surface area contributed by atoms with Crippen LogP contribution in [0.25, 0.3) is 0 Å². The quantitative estimate of drug-likeness (QED) is 0.748. The summed E-state index contributed by atoms with van der Waals surface area (Å²) in [5.41, 5.74) is 1.47. The van der Waals surface area contributed by atoms with E-state index in [-0.39, 0.29) is 24.3 Å². The molecule has 23 heavy (non-hydrogen) atoms. The topological polar surface area (TPSA) is 87.3 Å². The number of hydrogen-bond acceptors (Lipinski definition) is 4. The van der Waals surface area contributed by atoms with Crippen molar-refractivity contribution in [2.45, 2.75) is 6.42 Å². The third-order valence-electron chi connectivity index (χ3n) is 3.04. The van der Waals surface area contributed by atoms with Crippen LogP contribution < -0.4 is 16.0 Å². The Morgan fingerprint density at radius 1 is 1.04 bits per heavy atom. The lowest BCUT2D eigenvalue weighted by molar-refractivity contribution is -0.120. The molecule has 0 saturated heterocycles. The maximum Gasteiger partial charge on any atom is 0.261 e. The molecule has 3 amide bonds. The average Bonchev–Trinajstić information content (AvgIpc) is 3.09. The number of rotatable bonds is 6. The summed E-state index contributed by atoms with van der Waals surface area (Å²) in [6.45, 7) is -0.100. The normalized spacial score (nSPS) is 9.96. The van der Waals surface area contributed by atoms with Crippen LogP contribution in [0.15, 0.2) is 41.8 Å². The number of carbonyl (C=O) groups excluding carboxylic acids is 3. The smallest absolute Gasteiger partial charge is 0.261 e. The summed E-state index contributed by atoms with van der Waals surface area (Å²) >= 11 is 1.32. The van der Waals surface area contributed by atoms with Crippen LogP contribution in [0.5, 0.6) is 0 Å². The Kier molecular flexibility index (Phi) is 5.87. The molecule has 3 N–H and O–H groups in total. The SMILES string of the molecule is CNC(=O)Cc1ccc(NC(=O)CNC(=O)c2cccs2)cc1. The molecule has 7 heteroatoms. The van der Waals surface area contributed by atoms with Crippen LogP contribution in [0.3, 0.4) is 0 Å². The van der Waals surface area contributed by atoms with Crippen molar-refractivity contribution >= 4 is 34.7 Å². The number of benzene rings is 1. The molecule has 0 atom stereocenters. The zero-order chi connectivity index (χ0) is 16.7. The second kappa shape index (κ2) is 8.09. The predicted octanol–water partition coefficient (Wildman–Crippen LogP) is 1.41. The van der Waals surface area contributed by atoms with Crippen LogP contribution in [0.1, 0.15) is 15.2 Å². The van der Waals surface area contributed by atoms with Gasteiger partial charge < -0.3 is 16.0 Å². The van der Waals surface area contributed by atoms with Crippen molar-refractivity contribution < 1.29 is 14.4 Å². The van der Waals surface area contributed by atoms with E-state index in [2.05, 4.69) is 16.0 Å². The molecule has 120 valence electrons.